The molecule has 31 heavy (non-hydrogen) atoms. The van der Waals surface area contributed by atoms with Gasteiger partial charge in [0.05, 0.1) is 23.2 Å². The average Bonchev–Trinajstić information content (AvgIpc) is 3.15. The van der Waals surface area contributed by atoms with Crippen molar-refractivity contribution in [3.63, 3.8) is 0 Å². The smallest absolute Gasteiger partial charge is 0.335 e. The largest absolute Gasteiger partial charge is 0.478 e. The lowest BCUT2D eigenvalue weighted by molar-refractivity contribution is -0.129. The molecule has 0 saturated carbocycles. The lowest BCUT2D eigenvalue weighted by Gasteiger charge is -2.31. The fourth-order valence-electron chi connectivity index (χ4n) is 4.36. The van der Waals surface area contributed by atoms with Crippen molar-refractivity contribution in [3.05, 3.63) is 59.4 Å². The van der Waals surface area contributed by atoms with Gasteiger partial charge in [0.25, 0.3) is 0 Å². The van der Waals surface area contributed by atoms with E-state index in [2.05, 4.69) is 28.8 Å². The van der Waals surface area contributed by atoms with E-state index in [1.807, 2.05) is 11.0 Å². The molecule has 7 nitrogen and oxygen atoms in total. The van der Waals surface area contributed by atoms with E-state index in [1.54, 1.807) is 26.2 Å². The van der Waals surface area contributed by atoms with Gasteiger partial charge in [-0.15, -0.1) is 0 Å². The topological polar surface area (TPSA) is 84.7 Å². The molecule has 0 bridgehead atoms. The number of hydrogen-bond donors (Lipinski definition) is 1. The number of benzene rings is 2. The second kappa shape index (κ2) is 8.89. The van der Waals surface area contributed by atoms with E-state index in [1.165, 1.54) is 5.56 Å². The summed E-state index contributed by atoms with van der Waals surface area (Å²) in [5, 5.41) is 9.33. The van der Waals surface area contributed by atoms with Gasteiger partial charge < -0.3 is 14.7 Å². The molecule has 2 heterocycles. The number of carbonyl (C=O) groups excluding carboxylic acids is 1. The van der Waals surface area contributed by atoms with Crippen molar-refractivity contribution in [2.24, 2.45) is 0 Å². The molecule has 1 amide bonds. The van der Waals surface area contributed by atoms with Gasteiger partial charge in [-0.2, -0.15) is 0 Å². The van der Waals surface area contributed by atoms with Crippen LogP contribution >= 0.6 is 0 Å². The van der Waals surface area contributed by atoms with Gasteiger partial charge in [0.2, 0.25) is 5.91 Å². The number of carboxylic acid groups (broad SMARTS) is 1. The number of fused-ring (bicyclic) bond motifs is 1. The first-order valence-electron chi connectivity index (χ1n) is 10.6. The molecule has 0 spiro atoms. The highest BCUT2D eigenvalue weighted by molar-refractivity contribution is 5.92. The molecule has 0 unspecified atom stereocenters. The molecule has 3 aromatic rings. The Kier molecular flexibility index (Phi) is 6.04. The molecule has 2 aromatic carbocycles. The second-order valence-corrected chi connectivity index (χ2v) is 7.99. The number of amides is 1. The van der Waals surface area contributed by atoms with Gasteiger partial charge in [-0.1, -0.05) is 12.1 Å². The van der Waals surface area contributed by atoms with Gasteiger partial charge >= 0.3 is 5.97 Å². The van der Waals surface area contributed by atoms with Crippen LogP contribution in [0.5, 0.6) is 0 Å². The monoisotopic (exact) mass is 421 g/mol. The molecule has 0 aliphatic carbocycles. The molecule has 4 rings (SSSR count). The molecule has 1 aliphatic rings. The number of ether oxygens (including phenoxy) is 1. The predicted molar refractivity (Wildman–Crippen MR) is 118 cm³/mol. The number of likely N-dealkylation sites (tertiary alicyclic amines) is 1. The molecule has 1 saturated heterocycles. The van der Waals surface area contributed by atoms with Crippen molar-refractivity contribution in [2.75, 3.05) is 26.8 Å². The summed E-state index contributed by atoms with van der Waals surface area (Å²) in [6.07, 6.45) is 2.52. The third-order valence-electron chi connectivity index (χ3n) is 6.04. The maximum Gasteiger partial charge on any atom is 0.335 e. The third kappa shape index (κ3) is 4.32. The number of imidazole rings is 1. The Morgan fingerprint density at radius 1 is 1.16 bits per heavy atom. The van der Waals surface area contributed by atoms with Crippen LogP contribution in [0, 0.1) is 0 Å². The molecular weight excluding hydrogens is 394 g/mol. The van der Waals surface area contributed by atoms with Crippen molar-refractivity contribution >= 4 is 22.9 Å². The number of aromatic nitrogens is 2. The van der Waals surface area contributed by atoms with Crippen molar-refractivity contribution in [2.45, 2.75) is 32.1 Å². The van der Waals surface area contributed by atoms with Gasteiger partial charge in [0, 0.05) is 39.2 Å². The number of piperidine rings is 1. The minimum Gasteiger partial charge on any atom is -0.478 e. The van der Waals surface area contributed by atoms with Crippen LogP contribution in [0.25, 0.3) is 16.7 Å². The highest BCUT2D eigenvalue weighted by Crippen LogP contribution is 2.31. The van der Waals surface area contributed by atoms with Crippen LogP contribution in [-0.2, 0) is 16.0 Å². The Bertz CT molecular complexity index is 1110. The van der Waals surface area contributed by atoms with E-state index in [0.29, 0.717) is 24.5 Å². The van der Waals surface area contributed by atoms with E-state index in [9.17, 15) is 14.7 Å². The van der Waals surface area contributed by atoms with Crippen molar-refractivity contribution < 1.29 is 19.4 Å². The molecule has 7 heteroatoms. The molecule has 1 aromatic heterocycles. The van der Waals surface area contributed by atoms with Crippen LogP contribution in [0.4, 0.5) is 0 Å². The minimum absolute atomic E-state index is 0.139. The molecule has 1 fully saturated rings. The molecule has 1 aliphatic heterocycles. The SMILES string of the molecule is COCCc1nc2cc(C(=O)O)ccc2n1-c1cccc(C2CCN(C(C)=O)CC2)c1. The van der Waals surface area contributed by atoms with Gasteiger partial charge in [0.1, 0.15) is 5.82 Å². The fraction of sp³-hybridized carbons (Fsp3) is 0.375. The summed E-state index contributed by atoms with van der Waals surface area (Å²) >= 11 is 0. The Hall–Kier alpha value is -3.19. The molecule has 162 valence electrons. The first-order valence-corrected chi connectivity index (χ1v) is 10.6. The third-order valence-corrected chi connectivity index (χ3v) is 6.04. The highest BCUT2D eigenvalue weighted by Gasteiger charge is 2.23. The molecule has 0 radical (unpaired) electrons. The number of aromatic carboxylic acids is 1. The minimum atomic E-state index is -0.964. The number of carbonyl (C=O) groups is 2. The number of rotatable bonds is 6. The Morgan fingerprint density at radius 2 is 1.94 bits per heavy atom. The van der Waals surface area contributed by atoms with Gasteiger partial charge in [-0.25, -0.2) is 9.78 Å². The summed E-state index contributed by atoms with van der Waals surface area (Å²) < 4.78 is 7.35. The van der Waals surface area contributed by atoms with E-state index in [4.69, 9.17) is 9.72 Å². The summed E-state index contributed by atoms with van der Waals surface area (Å²) in [7, 11) is 1.66. The number of nitrogens with zero attached hydrogens (tertiary/aromatic N) is 3. The molecule has 0 atom stereocenters. The fourth-order valence-corrected chi connectivity index (χ4v) is 4.36. The lowest BCUT2D eigenvalue weighted by Crippen LogP contribution is -2.36. The number of carboxylic acids is 1. The predicted octanol–water partition coefficient (Wildman–Crippen LogP) is 3.64. The Morgan fingerprint density at radius 3 is 2.61 bits per heavy atom. The number of methoxy groups -OCH3 is 1. The van der Waals surface area contributed by atoms with Crippen LogP contribution in [0.15, 0.2) is 42.5 Å². The summed E-state index contributed by atoms with van der Waals surface area (Å²) in [5.41, 5.74) is 4.01. The summed E-state index contributed by atoms with van der Waals surface area (Å²) in [4.78, 5) is 29.6. The van der Waals surface area contributed by atoms with Gasteiger partial charge in [-0.3, -0.25) is 9.36 Å². The zero-order valence-corrected chi connectivity index (χ0v) is 17.9. The summed E-state index contributed by atoms with van der Waals surface area (Å²) in [5.74, 6) is 0.420. The van der Waals surface area contributed by atoms with E-state index < -0.39 is 5.97 Å². The maximum absolute atomic E-state index is 11.6. The molecule has 1 N–H and O–H groups in total. The zero-order valence-electron chi connectivity index (χ0n) is 17.9. The first kappa shape index (κ1) is 21.1. The van der Waals surface area contributed by atoms with Crippen molar-refractivity contribution in [3.8, 4) is 5.69 Å². The second-order valence-electron chi connectivity index (χ2n) is 7.99. The summed E-state index contributed by atoms with van der Waals surface area (Å²) in [6, 6.07) is 13.5. The standard InChI is InChI=1S/C24H27N3O4/c1-16(28)26-11-8-17(9-12-26)18-4-3-5-20(14-18)27-22-7-6-19(24(29)30)15-21(22)25-23(27)10-13-31-2/h3-7,14-15,17H,8-13H2,1-2H3,(H,29,30). The van der Waals surface area contributed by atoms with Gasteiger partial charge in [0.15, 0.2) is 0 Å². The van der Waals surface area contributed by atoms with Crippen LogP contribution in [-0.4, -0.2) is 58.2 Å². The van der Waals surface area contributed by atoms with Crippen LogP contribution in [0.1, 0.15) is 47.4 Å². The van der Waals surface area contributed by atoms with Gasteiger partial charge in [-0.05, 0) is 54.7 Å². The first-order chi connectivity index (χ1) is 15.0. The zero-order chi connectivity index (χ0) is 22.0. The van der Waals surface area contributed by atoms with Crippen molar-refractivity contribution in [1.29, 1.82) is 0 Å². The lowest BCUT2D eigenvalue weighted by atomic mass is 9.89. The van der Waals surface area contributed by atoms with Crippen LogP contribution in [0.3, 0.4) is 0 Å². The Balaban J connectivity index is 1.71. The van der Waals surface area contributed by atoms with E-state index in [-0.39, 0.29) is 11.5 Å². The van der Waals surface area contributed by atoms with E-state index >= 15 is 0 Å². The van der Waals surface area contributed by atoms with E-state index in [0.717, 1.165) is 43.0 Å². The maximum atomic E-state index is 11.6. The Labute approximate surface area is 181 Å². The highest BCUT2D eigenvalue weighted by atomic mass is 16.5. The normalized spacial score (nSPS) is 14.8. The van der Waals surface area contributed by atoms with Crippen LogP contribution < -0.4 is 0 Å². The number of hydrogen-bond acceptors (Lipinski definition) is 4. The van der Waals surface area contributed by atoms with Crippen LogP contribution in [0.2, 0.25) is 0 Å². The summed E-state index contributed by atoms with van der Waals surface area (Å²) in [6.45, 7) is 3.73. The van der Waals surface area contributed by atoms with Crippen molar-refractivity contribution in [1.82, 2.24) is 14.5 Å². The average molecular weight is 421 g/mol. The quantitative estimate of drug-likeness (QED) is 0.657. The molecular formula is C24H27N3O4.